The number of fused-ring (bicyclic) bond motifs is 1. The Morgan fingerprint density at radius 2 is 1.88 bits per heavy atom. The number of thioether (sulfide) groups is 1. The summed E-state index contributed by atoms with van der Waals surface area (Å²) in [5.74, 6) is 0.368. The second kappa shape index (κ2) is 6.99. The van der Waals surface area contributed by atoms with Gasteiger partial charge in [0.05, 0.1) is 17.4 Å². The highest BCUT2D eigenvalue weighted by atomic mass is 32.2. The molecule has 0 aromatic heterocycles. The second-order valence-corrected chi connectivity index (χ2v) is 6.16. The molecule has 1 aliphatic heterocycles. The van der Waals surface area contributed by atoms with Gasteiger partial charge in [0.15, 0.2) is 11.5 Å². The summed E-state index contributed by atoms with van der Waals surface area (Å²) in [6, 6.07) is 13.2. The third-order valence-electron chi connectivity index (χ3n) is 3.27. The lowest BCUT2D eigenvalue weighted by atomic mass is 10.2. The summed E-state index contributed by atoms with van der Waals surface area (Å²) in [5, 5.41) is 11.4. The van der Waals surface area contributed by atoms with Crippen LogP contribution in [0.1, 0.15) is 11.1 Å². The van der Waals surface area contributed by atoms with E-state index in [9.17, 15) is 13.6 Å². The third-order valence-corrected chi connectivity index (χ3v) is 4.27. The van der Waals surface area contributed by atoms with Crippen LogP contribution in [0, 0.1) is 11.3 Å². The number of nitrogens with one attached hydrogen (secondary N) is 1. The van der Waals surface area contributed by atoms with E-state index in [-0.39, 0.29) is 23.2 Å². The minimum absolute atomic E-state index is 0.0711. The van der Waals surface area contributed by atoms with E-state index in [0.717, 1.165) is 5.56 Å². The van der Waals surface area contributed by atoms with Gasteiger partial charge in [0, 0.05) is 17.5 Å². The lowest BCUT2D eigenvalue weighted by Gasteiger charge is -2.06. The third kappa shape index (κ3) is 4.39. The highest BCUT2D eigenvalue weighted by Crippen LogP contribution is 2.42. The van der Waals surface area contributed by atoms with E-state index < -0.39 is 6.29 Å². The topological polar surface area (TPSA) is 71.4 Å². The number of carbonyl (C=O) groups excluding carboxylic acids is 1. The molecule has 1 heterocycles. The summed E-state index contributed by atoms with van der Waals surface area (Å²) in [5.41, 5.74) is 1.94. The van der Waals surface area contributed by atoms with Crippen molar-refractivity contribution in [1.29, 1.82) is 5.26 Å². The van der Waals surface area contributed by atoms with Crippen molar-refractivity contribution in [1.82, 2.24) is 0 Å². The van der Waals surface area contributed by atoms with Gasteiger partial charge in [0.2, 0.25) is 5.91 Å². The molecule has 1 amide bonds. The number of rotatable bonds is 5. The van der Waals surface area contributed by atoms with E-state index in [1.165, 1.54) is 30.0 Å². The lowest BCUT2D eigenvalue weighted by molar-refractivity contribution is -0.286. The quantitative estimate of drug-likeness (QED) is 0.877. The summed E-state index contributed by atoms with van der Waals surface area (Å²) in [7, 11) is 0. The molecule has 0 saturated carbocycles. The first-order valence-electron chi connectivity index (χ1n) is 7.22. The minimum atomic E-state index is -3.68. The van der Waals surface area contributed by atoms with E-state index in [1.54, 1.807) is 12.1 Å². The molecule has 8 heteroatoms. The molecule has 0 atom stereocenters. The Morgan fingerprint density at radius 1 is 1.16 bits per heavy atom. The summed E-state index contributed by atoms with van der Waals surface area (Å²) < 4.78 is 34.5. The number of halogens is 2. The zero-order valence-electron chi connectivity index (χ0n) is 12.8. The minimum Gasteiger partial charge on any atom is -0.395 e. The van der Waals surface area contributed by atoms with Crippen LogP contribution in [-0.2, 0) is 10.5 Å². The monoisotopic (exact) mass is 362 g/mol. The Balaban J connectivity index is 1.49. The first-order valence-corrected chi connectivity index (χ1v) is 8.37. The summed E-state index contributed by atoms with van der Waals surface area (Å²) in [6.45, 7) is 0. The molecule has 0 unspecified atom stereocenters. The Bertz CT molecular complexity index is 835. The molecule has 2 aromatic carbocycles. The maximum atomic E-state index is 13.0. The van der Waals surface area contributed by atoms with Crippen LogP contribution in [0.2, 0.25) is 0 Å². The fraction of sp³-hybridized carbons (Fsp3) is 0.176. The summed E-state index contributed by atoms with van der Waals surface area (Å²) in [4.78, 5) is 11.9. The normalized spacial score (nSPS) is 14.0. The Kier molecular flexibility index (Phi) is 4.76. The first kappa shape index (κ1) is 17.0. The lowest BCUT2D eigenvalue weighted by Crippen LogP contribution is -2.25. The van der Waals surface area contributed by atoms with Gasteiger partial charge < -0.3 is 14.8 Å². The molecule has 0 fully saturated rings. The highest BCUT2D eigenvalue weighted by molar-refractivity contribution is 7.99. The van der Waals surface area contributed by atoms with Crippen LogP contribution in [0.25, 0.3) is 0 Å². The Morgan fingerprint density at radius 3 is 2.60 bits per heavy atom. The maximum absolute atomic E-state index is 13.0. The number of carbonyl (C=O) groups is 1. The van der Waals surface area contributed by atoms with Crippen LogP contribution in [-0.4, -0.2) is 18.0 Å². The number of amides is 1. The average molecular weight is 362 g/mol. The van der Waals surface area contributed by atoms with Gasteiger partial charge in [-0.1, -0.05) is 12.1 Å². The number of ether oxygens (including phenoxy) is 2. The van der Waals surface area contributed by atoms with Crippen LogP contribution in [0.5, 0.6) is 11.5 Å². The van der Waals surface area contributed by atoms with Crippen LogP contribution in [0.15, 0.2) is 42.5 Å². The predicted molar refractivity (Wildman–Crippen MR) is 88.6 cm³/mol. The van der Waals surface area contributed by atoms with Crippen molar-refractivity contribution < 1.29 is 23.0 Å². The van der Waals surface area contributed by atoms with E-state index in [0.29, 0.717) is 17.0 Å². The van der Waals surface area contributed by atoms with Crippen molar-refractivity contribution in [2.24, 2.45) is 0 Å². The van der Waals surface area contributed by atoms with E-state index >= 15 is 0 Å². The van der Waals surface area contributed by atoms with Gasteiger partial charge in [-0.3, -0.25) is 4.79 Å². The molecular weight excluding hydrogens is 350 g/mol. The van der Waals surface area contributed by atoms with Gasteiger partial charge in [0.1, 0.15) is 0 Å². The van der Waals surface area contributed by atoms with Crippen LogP contribution in [0.4, 0.5) is 14.5 Å². The van der Waals surface area contributed by atoms with Gasteiger partial charge >= 0.3 is 6.29 Å². The first-order chi connectivity index (χ1) is 11.9. The predicted octanol–water partition coefficient (Wildman–Crippen LogP) is 3.75. The molecule has 0 saturated heterocycles. The molecule has 128 valence electrons. The van der Waals surface area contributed by atoms with Crippen molar-refractivity contribution >= 4 is 23.4 Å². The standard InChI is InChI=1S/C17H12F2N2O3S/c18-17(19)23-14-6-5-13(7-15(14)24-17)21-16(22)10-25-9-12-3-1-11(8-20)2-4-12/h1-7H,9-10H2,(H,21,22). The number of alkyl halides is 2. The SMILES string of the molecule is N#Cc1ccc(CSCC(=O)Nc2ccc3c(c2)OC(F)(F)O3)cc1. The zero-order chi connectivity index (χ0) is 17.9. The summed E-state index contributed by atoms with van der Waals surface area (Å²) in [6.07, 6.45) is -3.68. The van der Waals surface area contributed by atoms with Crippen molar-refractivity contribution in [3.8, 4) is 17.6 Å². The average Bonchev–Trinajstić information content (AvgIpc) is 2.88. The van der Waals surface area contributed by atoms with E-state index in [1.807, 2.05) is 18.2 Å². The summed E-state index contributed by atoms with van der Waals surface area (Å²) >= 11 is 1.40. The van der Waals surface area contributed by atoms with Crippen molar-refractivity contribution in [3.05, 3.63) is 53.6 Å². The molecular formula is C17H12F2N2O3S. The maximum Gasteiger partial charge on any atom is 0.586 e. The fourth-order valence-corrected chi connectivity index (χ4v) is 2.95. The molecule has 0 aliphatic carbocycles. The second-order valence-electron chi connectivity index (χ2n) is 5.18. The molecule has 0 bridgehead atoms. The van der Waals surface area contributed by atoms with E-state index in [4.69, 9.17) is 5.26 Å². The Labute approximate surface area is 146 Å². The van der Waals surface area contributed by atoms with E-state index in [2.05, 4.69) is 14.8 Å². The molecule has 3 rings (SSSR count). The van der Waals surface area contributed by atoms with Gasteiger partial charge in [-0.25, -0.2) is 0 Å². The van der Waals surface area contributed by atoms with Gasteiger partial charge in [-0.2, -0.15) is 5.26 Å². The molecule has 0 spiro atoms. The number of hydrogen-bond donors (Lipinski definition) is 1. The zero-order valence-corrected chi connectivity index (χ0v) is 13.6. The van der Waals surface area contributed by atoms with Crippen LogP contribution < -0.4 is 14.8 Å². The molecule has 1 aliphatic rings. The molecule has 2 aromatic rings. The van der Waals surface area contributed by atoms with Crippen LogP contribution >= 0.6 is 11.8 Å². The molecule has 1 N–H and O–H groups in total. The number of nitrogens with zero attached hydrogens (tertiary/aromatic N) is 1. The van der Waals surface area contributed by atoms with Crippen molar-refractivity contribution in [2.45, 2.75) is 12.0 Å². The van der Waals surface area contributed by atoms with Gasteiger partial charge in [-0.05, 0) is 29.8 Å². The fourth-order valence-electron chi connectivity index (χ4n) is 2.16. The van der Waals surface area contributed by atoms with Crippen LogP contribution in [0.3, 0.4) is 0 Å². The largest absolute Gasteiger partial charge is 0.586 e. The molecule has 0 radical (unpaired) electrons. The number of hydrogen-bond acceptors (Lipinski definition) is 5. The number of anilines is 1. The van der Waals surface area contributed by atoms with Gasteiger partial charge in [-0.15, -0.1) is 20.5 Å². The molecule has 25 heavy (non-hydrogen) atoms. The van der Waals surface area contributed by atoms with Crippen molar-refractivity contribution in [2.75, 3.05) is 11.1 Å². The highest BCUT2D eigenvalue weighted by Gasteiger charge is 2.43. The van der Waals surface area contributed by atoms with Crippen molar-refractivity contribution in [3.63, 3.8) is 0 Å². The smallest absolute Gasteiger partial charge is 0.395 e. The van der Waals surface area contributed by atoms with Gasteiger partial charge in [0.25, 0.3) is 0 Å². The number of nitriles is 1. The Hall–Kier alpha value is -2.79. The molecule has 5 nitrogen and oxygen atoms in total. The number of benzene rings is 2.